The Kier molecular flexibility index (Phi) is 4.29. The van der Waals surface area contributed by atoms with Gasteiger partial charge in [0.2, 0.25) is 0 Å². The van der Waals surface area contributed by atoms with Gasteiger partial charge in [-0.2, -0.15) is 0 Å². The molecule has 0 unspecified atom stereocenters. The van der Waals surface area contributed by atoms with Crippen molar-refractivity contribution in [1.29, 1.82) is 0 Å². The number of rotatable bonds is 2. The molecule has 0 heterocycles. The molecule has 2 nitrogen and oxygen atoms in total. The monoisotopic (exact) mass is 284 g/mol. The van der Waals surface area contributed by atoms with Crippen molar-refractivity contribution in [3.8, 4) is 0 Å². The number of carbonyl (C=O) groups is 1. The van der Waals surface area contributed by atoms with Gasteiger partial charge in [0, 0.05) is 0 Å². The number of ether oxygens (including phenoxy) is 1. The lowest BCUT2D eigenvalue weighted by Gasteiger charge is -2.06. The Morgan fingerprint density at radius 3 is 2.33 bits per heavy atom. The van der Waals surface area contributed by atoms with Gasteiger partial charge in [-0.15, -0.1) is 0 Å². The third-order valence-electron chi connectivity index (χ3n) is 1.51. The summed E-state index contributed by atoms with van der Waals surface area (Å²) in [4.78, 5) is 11.3. The Hall–Kier alpha value is -0.410. The molecule has 80 valence electrons. The number of hydrogen-bond acceptors (Lipinski definition) is 2. The van der Waals surface area contributed by atoms with E-state index in [0.29, 0.717) is 0 Å². The molecule has 0 aliphatic rings. The normalized spacial score (nSPS) is 9.87. The van der Waals surface area contributed by atoms with Gasteiger partial charge in [0.1, 0.15) is 0 Å². The van der Waals surface area contributed by atoms with E-state index in [2.05, 4.69) is 11.3 Å². The molecule has 0 aliphatic heterocycles. The van der Waals surface area contributed by atoms with E-state index in [1.54, 1.807) is 0 Å². The summed E-state index contributed by atoms with van der Waals surface area (Å²) in [5, 5.41) is 0.236. The largest absolute Gasteiger partial charge is 0.431 e. The number of benzene rings is 1. The molecular formula is C9H4Cl4O2. The van der Waals surface area contributed by atoms with Crippen molar-refractivity contribution in [1.82, 2.24) is 0 Å². The smallest absolute Gasteiger partial charge is 0.344 e. The first-order valence-electron chi connectivity index (χ1n) is 3.64. The SMILES string of the molecule is C=COC(=O)c1cc(Cl)c(Cl)c(Cl)c1Cl. The standard InChI is InChI=1S/C9H4Cl4O2/c1-2-15-9(14)4-3-5(10)7(12)8(13)6(4)11/h2-3H,1H2. The number of carbonyl (C=O) groups excluding carboxylic acids is 1. The van der Waals surface area contributed by atoms with Crippen LogP contribution in [-0.4, -0.2) is 5.97 Å². The van der Waals surface area contributed by atoms with Crippen molar-refractivity contribution in [2.24, 2.45) is 0 Å². The molecule has 0 spiro atoms. The second-order valence-electron chi connectivity index (χ2n) is 2.42. The average molecular weight is 286 g/mol. The van der Waals surface area contributed by atoms with Crippen LogP contribution in [0.3, 0.4) is 0 Å². The minimum atomic E-state index is -0.699. The highest BCUT2D eigenvalue weighted by atomic mass is 35.5. The maximum absolute atomic E-state index is 11.3. The molecule has 0 N–H and O–H groups in total. The molecule has 0 aliphatic carbocycles. The Labute approximate surface area is 106 Å². The summed E-state index contributed by atoms with van der Waals surface area (Å²) in [6, 6.07) is 1.28. The molecule has 6 heteroatoms. The maximum atomic E-state index is 11.3. The van der Waals surface area contributed by atoms with Crippen molar-refractivity contribution in [2.45, 2.75) is 0 Å². The molecule has 0 fully saturated rings. The fourth-order valence-electron chi connectivity index (χ4n) is 0.861. The Balaban J connectivity index is 3.31. The van der Waals surface area contributed by atoms with E-state index >= 15 is 0 Å². The summed E-state index contributed by atoms with van der Waals surface area (Å²) >= 11 is 23.0. The van der Waals surface area contributed by atoms with Gasteiger partial charge in [0.15, 0.2) is 0 Å². The van der Waals surface area contributed by atoms with E-state index in [9.17, 15) is 4.79 Å². The fraction of sp³-hybridized carbons (Fsp3) is 0. The van der Waals surface area contributed by atoms with Gasteiger partial charge in [-0.3, -0.25) is 0 Å². The lowest BCUT2D eigenvalue weighted by atomic mass is 10.2. The summed E-state index contributed by atoms with van der Waals surface area (Å²) < 4.78 is 4.54. The van der Waals surface area contributed by atoms with E-state index in [4.69, 9.17) is 46.4 Å². The third-order valence-corrected chi connectivity index (χ3v) is 3.26. The van der Waals surface area contributed by atoms with Crippen molar-refractivity contribution in [3.05, 3.63) is 44.6 Å². The Morgan fingerprint density at radius 1 is 1.20 bits per heavy atom. The van der Waals surface area contributed by atoms with Gasteiger partial charge < -0.3 is 4.74 Å². The molecule has 1 rings (SSSR count). The molecule has 1 aromatic carbocycles. The van der Waals surface area contributed by atoms with Crippen molar-refractivity contribution >= 4 is 52.4 Å². The summed E-state index contributed by atoms with van der Waals surface area (Å²) in [7, 11) is 0. The average Bonchev–Trinajstić information content (AvgIpc) is 2.20. The lowest BCUT2D eigenvalue weighted by Crippen LogP contribution is -2.02. The zero-order valence-electron chi connectivity index (χ0n) is 7.19. The summed E-state index contributed by atoms with van der Waals surface area (Å²) in [6.45, 7) is 3.24. The Morgan fingerprint density at radius 2 is 1.80 bits per heavy atom. The van der Waals surface area contributed by atoms with Crippen LogP contribution in [-0.2, 0) is 4.74 Å². The maximum Gasteiger partial charge on any atom is 0.344 e. The molecule has 0 saturated carbocycles. The molecular weight excluding hydrogens is 282 g/mol. The molecule has 1 aromatic rings. The predicted octanol–water partition coefficient (Wildman–Crippen LogP) is 4.60. The molecule has 0 saturated heterocycles. The minimum absolute atomic E-state index is 0.00193. The topological polar surface area (TPSA) is 26.3 Å². The first-order valence-corrected chi connectivity index (χ1v) is 5.15. The second-order valence-corrected chi connectivity index (χ2v) is 3.96. The van der Waals surface area contributed by atoms with E-state index in [0.717, 1.165) is 6.26 Å². The van der Waals surface area contributed by atoms with E-state index in [1.165, 1.54) is 6.07 Å². The highest BCUT2D eigenvalue weighted by Gasteiger charge is 2.18. The van der Waals surface area contributed by atoms with Crippen LogP contribution in [0.15, 0.2) is 18.9 Å². The summed E-state index contributed by atoms with van der Waals surface area (Å²) in [5.41, 5.74) is 0.0379. The van der Waals surface area contributed by atoms with E-state index in [-0.39, 0.29) is 25.7 Å². The lowest BCUT2D eigenvalue weighted by molar-refractivity contribution is 0.0664. The van der Waals surface area contributed by atoms with E-state index < -0.39 is 5.97 Å². The van der Waals surface area contributed by atoms with Gasteiger partial charge in [0.25, 0.3) is 0 Å². The van der Waals surface area contributed by atoms with Gasteiger partial charge in [-0.25, -0.2) is 4.79 Å². The number of hydrogen-bond donors (Lipinski definition) is 0. The van der Waals surface area contributed by atoms with Crippen LogP contribution in [0.1, 0.15) is 10.4 Å². The molecule has 0 radical (unpaired) electrons. The molecule has 0 bridgehead atoms. The van der Waals surface area contributed by atoms with Gasteiger partial charge in [0.05, 0.1) is 31.9 Å². The first-order chi connectivity index (χ1) is 6.99. The van der Waals surface area contributed by atoms with Crippen LogP contribution in [0.5, 0.6) is 0 Å². The molecule has 0 aromatic heterocycles. The van der Waals surface area contributed by atoms with Gasteiger partial charge in [-0.1, -0.05) is 53.0 Å². The summed E-state index contributed by atoms with van der Waals surface area (Å²) in [6.07, 6.45) is 0.981. The summed E-state index contributed by atoms with van der Waals surface area (Å²) in [5.74, 6) is -0.699. The second kappa shape index (κ2) is 5.08. The number of esters is 1. The highest BCUT2D eigenvalue weighted by Crippen LogP contribution is 2.38. The predicted molar refractivity (Wildman–Crippen MR) is 62.1 cm³/mol. The fourth-order valence-corrected chi connectivity index (χ4v) is 1.74. The van der Waals surface area contributed by atoms with Crippen LogP contribution < -0.4 is 0 Å². The van der Waals surface area contributed by atoms with Gasteiger partial charge >= 0.3 is 5.97 Å². The molecule has 0 amide bonds. The van der Waals surface area contributed by atoms with Crippen molar-refractivity contribution in [2.75, 3.05) is 0 Å². The number of halogens is 4. The van der Waals surface area contributed by atoms with Gasteiger partial charge in [-0.05, 0) is 6.07 Å². The van der Waals surface area contributed by atoms with Crippen LogP contribution in [0.4, 0.5) is 0 Å². The van der Waals surface area contributed by atoms with Crippen molar-refractivity contribution in [3.63, 3.8) is 0 Å². The van der Waals surface area contributed by atoms with Crippen LogP contribution in [0.2, 0.25) is 20.1 Å². The highest BCUT2D eigenvalue weighted by molar-refractivity contribution is 6.52. The van der Waals surface area contributed by atoms with E-state index in [1.807, 2.05) is 0 Å². The zero-order valence-corrected chi connectivity index (χ0v) is 10.2. The first kappa shape index (κ1) is 12.7. The van der Waals surface area contributed by atoms with Crippen LogP contribution in [0, 0.1) is 0 Å². The van der Waals surface area contributed by atoms with Crippen molar-refractivity contribution < 1.29 is 9.53 Å². The van der Waals surface area contributed by atoms with Crippen LogP contribution in [0.25, 0.3) is 0 Å². The Bertz CT molecular complexity index is 429. The third kappa shape index (κ3) is 2.58. The molecule has 15 heavy (non-hydrogen) atoms. The minimum Gasteiger partial charge on any atom is -0.431 e. The quantitative estimate of drug-likeness (QED) is 0.343. The zero-order chi connectivity index (χ0) is 11.6. The van der Waals surface area contributed by atoms with Crippen LogP contribution >= 0.6 is 46.4 Å². The molecule has 0 atom stereocenters.